The van der Waals surface area contributed by atoms with Crippen molar-refractivity contribution >= 4 is 83.0 Å². The Morgan fingerprint density at radius 3 is 0.652 bits per heavy atom. The summed E-state index contributed by atoms with van der Waals surface area (Å²) in [6, 6.07) is 0. The minimum absolute atomic E-state index is 0. The van der Waals surface area contributed by atoms with Gasteiger partial charge < -0.3 is 31.9 Å². The molecule has 0 fully saturated rings. The van der Waals surface area contributed by atoms with E-state index in [-0.39, 0.29) is 78.6 Å². The monoisotopic (exact) mass is 410 g/mol. The topological polar surface area (TPSA) is 201 Å². The number of rotatable bonds is 1. The molecule has 0 amide bonds. The van der Waals surface area contributed by atoms with Crippen molar-refractivity contribution in [2.24, 2.45) is 11.5 Å². The van der Waals surface area contributed by atoms with Gasteiger partial charge >= 0.3 is 0 Å². The van der Waals surface area contributed by atoms with Crippen LogP contribution in [0.4, 0.5) is 0 Å². The first-order valence-electron chi connectivity index (χ1n) is 5.03. The van der Waals surface area contributed by atoms with Crippen LogP contribution in [0.2, 0.25) is 0 Å². The number of hydrogen-bond donors (Lipinski definition) is 6. The van der Waals surface area contributed by atoms with E-state index < -0.39 is 23.9 Å². The molecule has 0 rings (SSSR count). The summed E-state index contributed by atoms with van der Waals surface area (Å²) in [4.78, 5) is 36.0. The molecule has 2 radical (unpaired) electrons. The van der Waals surface area contributed by atoms with Crippen molar-refractivity contribution in [3.8, 4) is 0 Å². The van der Waals surface area contributed by atoms with Gasteiger partial charge in [-0.25, -0.2) is 0 Å². The third-order valence-electron chi connectivity index (χ3n) is 0.167. The van der Waals surface area contributed by atoms with Gasteiger partial charge in [-0.3, -0.25) is 19.2 Å². The molecule has 10 nitrogen and oxygen atoms in total. The predicted molar refractivity (Wildman–Crippen MR) is 82.9 cm³/mol. The fraction of sp³-hybridized carbons (Fsp3) is 0.600. The van der Waals surface area contributed by atoms with Crippen molar-refractivity contribution < 1.29 is 59.1 Å². The number of nitrogens with two attached hydrogens (primary N) is 2. The SMILES string of the molecule is CC(=O)O.CC(=O)O.CC(=O)O.CC(=O)O.NCCN.[Na].[Na].[Zn]. The van der Waals surface area contributed by atoms with Crippen LogP contribution in [0.15, 0.2) is 0 Å². The molecule has 0 heterocycles. The summed E-state index contributed by atoms with van der Waals surface area (Å²) in [7, 11) is 0. The van der Waals surface area contributed by atoms with E-state index >= 15 is 0 Å². The molecule has 0 aromatic rings. The third-order valence-corrected chi connectivity index (χ3v) is 0.167. The van der Waals surface area contributed by atoms with Crippen molar-refractivity contribution in [3.05, 3.63) is 0 Å². The summed E-state index contributed by atoms with van der Waals surface area (Å²) < 4.78 is 0. The van der Waals surface area contributed by atoms with Crippen LogP contribution in [0.5, 0.6) is 0 Å². The molecule has 23 heavy (non-hydrogen) atoms. The van der Waals surface area contributed by atoms with Gasteiger partial charge in [-0.05, 0) is 0 Å². The minimum Gasteiger partial charge on any atom is -0.481 e. The van der Waals surface area contributed by atoms with E-state index in [1.807, 2.05) is 0 Å². The van der Waals surface area contributed by atoms with Gasteiger partial charge in [0.2, 0.25) is 0 Å². The summed E-state index contributed by atoms with van der Waals surface area (Å²) in [5.41, 5.74) is 9.81. The van der Waals surface area contributed by atoms with E-state index in [4.69, 9.17) is 51.1 Å². The van der Waals surface area contributed by atoms with Crippen molar-refractivity contribution in [2.45, 2.75) is 27.7 Å². The van der Waals surface area contributed by atoms with Crippen LogP contribution in [-0.2, 0) is 38.7 Å². The van der Waals surface area contributed by atoms with E-state index in [2.05, 4.69) is 0 Å². The van der Waals surface area contributed by atoms with Crippen molar-refractivity contribution in [3.63, 3.8) is 0 Å². The molecule has 0 saturated carbocycles. The van der Waals surface area contributed by atoms with Gasteiger partial charge in [-0.15, -0.1) is 0 Å². The Kier molecular flexibility index (Phi) is 106. The summed E-state index contributed by atoms with van der Waals surface area (Å²) in [6.07, 6.45) is 0. The van der Waals surface area contributed by atoms with E-state index in [1.165, 1.54) is 0 Å². The minimum atomic E-state index is -0.833. The second-order valence-electron chi connectivity index (χ2n) is 2.65. The zero-order chi connectivity index (χ0) is 17.7. The van der Waals surface area contributed by atoms with Crippen molar-refractivity contribution in [1.82, 2.24) is 0 Å². The Bertz CT molecular complexity index is 205. The quantitative estimate of drug-likeness (QED) is 0.276. The molecule has 126 valence electrons. The van der Waals surface area contributed by atoms with E-state index in [1.54, 1.807) is 0 Å². The number of aliphatic carboxylic acids is 4. The molecule has 0 unspecified atom stereocenters. The molecular formula is C10H24N2Na2O8Zn. The average Bonchev–Trinajstić information content (AvgIpc) is 2.13. The first-order valence-corrected chi connectivity index (χ1v) is 5.03. The molecule has 0 aromatic heterocycles. The molecule has 0 saturated heterocycles. The molecule has 0 bridgehead atoms. The van der Waals surface area contributed by atoms with Crippen LogP contribution in [0, 0.1) is 0 Å². The van der Waals surface area contributed by atoms with Crippen LogP contribution in [0.1, 0.15) is 27.7 Å². The number of carbonyl (C=O) groups is 4. The molecule has 0 aliphatic carbocycles. The van der Waals surface area contributed by atoms with Gasteiger partial charge in [-0.2, -0.15) is 0 Å². The van der Waals surface area contributed by atoms with Gasteiger partial charge in [0.25, 0.3) is 23.9 Å². The second-order valence-corrected chi connectivity index (χ2v) is 2.65. The Hall–Kier alpha value is 0.423. The summed E-state index contributed by atoms with van der Waals surface area (Å²) >= 11 is 0. The third kappa shape index (κ3) is 4620. The normalized spacial score (nSPS) is 5.65. The largest absolute Gasteiger partial charge is 0.481 e. The zero-order valence-electron chi connectivity index (χ0n) is 14.7. The molecule has 13 heteroatoms. The van der Waals surface area contributed by atoms with Crippen LogP contribution in [0.3, 0.4) is 0 Å². The Balaban J connectivity index is -0.0000000197. The van der Waals surface area contributed by atoms with Crippen LogP contribution in [-0.4, -0.2) is 117 Å². The Morgan fingerprint density at radius 1 is 0.609 bits per heavy atom. The second kappa shape index (κ2) is 49.5. The summed E-state index contributed by atoms with van der Waals surface area (Å²) in [5.74, 6) is -3.33. The maximum atomic E-state index is 9.00. The summed E-state index contributed by atoms with van der Waals surface area (Å²) in [6.45, 7) is 5.53. The Labute approximate surface area is 192 Å². The first kappa shape index (κ1) is 49.5. The van der Waals surface area contributed by atoms with Crippen molar-refractivity contribution in [1.29, 1.82) is 0 Å². The van der Waals surface area contributed by atoms with Crippen LogP contribution < -0.4 is 11.5 Å². The van der Waals surface area contributed by atoms with E-state index in [9.17, 15) is 0 Å². The molecular weight excluding hydrogens is 387 g/mol. The number of carboxylic acid groups (broad SMARTS) is 4. The fourth-order valence-electron chi connectivity index (χ4n) is 0. The molecule has 0 aromatic carbocycles. The maximum absolute atomic E-state index is 9.00. The zero-order valence-corrected chi connectivity index (χ0v) is 21.7. The first-order chi connectivity index (χ1) is 8.84. The average molecular weight is 412 g/mol. The molecule has 0 atom stereocenters. The number of hydrogen-bond acceptors (Lipinski definition) is 6. The maximum Gasteiger partial charge on any atom is 0.300 e. The molecule has 8 N–H and O–H groups in total. The predicted octanol–water partition coefficient (Wildman–Crippen LogP) is -1.50. The van der Waals surface area contributed by atoms with Gasteiger partial charge in [0.1, 0.15) is 0 Å². The van der Waals surface area contributed by atoms with Gasteiger partial charge in [0.05, 0.1) is 0 Å². The van der Waals surface area contributed by atoms with E-state index in [0.717, 1.165) is 27.7 Å². The van der Waals surface area contributed by atoms with Crippen molar-refractivity contribution in [2.75, 3.05) is 13.1 Å². The van der Waals surface area contributed by atoms with E-state index in [0.29, 0.717) is 13.1 Å². The van der Waals surface area contributed by atoms with Gasteiger partial charge in [0, 0.05) is 119 Å². The molecule has 0 spiro atoms. The smallest absolute Gasteiger partial charge is 0.300 e. The van der Waals surface area contributed by atoms with Crippen LogP contribution >= 0.6 is 0 Å². The van der Waals surface area contributed by atoms with Gasteiger partial charge in [-0.1, -0.05) is 0 Å². The van der Waals surface area contributed by atoms with Gasteiger partial charge in [0.15, 0.2) is 0 Å². The molecule has 0 aliphatic rings. The Morgan fingerprint density at radius 2 is 0.652 bits per heavy atom. The molecule has 0 aliphatic heterocycles. The van der Waals surface area contributed by atoms with Crippen LogP contribution in [0.25, 0.3) is 0 Å². The summed E-state index contributed by atoms with van der Waals surface area (Å²) in [5, 5.41) is 29.7. The number of carboxylic acids is 4. The fourth-order valence-corrected chi connectivity index (χ4v) is 0. The standard InChI is InChI=1S/C2H8N2.4C2H4O2.2Na.Zn/c3-1-2-4;4*1-2(3)4;;;/h1-4H2;4*1H3,(H,3,4);;;.